The predicted molar refractivity (Wildman–Crippen MR) is 111 cm³/mol. The van der Waals surface area contributed by atoms with Gasteiger partial charge in [-0.2, -0.15) is 13.9 Å². The summed E-state index contributed by atoms with van der Waals surface area (Å²) in [4.78, 5) is 32.3. The van der Waals surface area contributed by atoms with Crippen LogP contribution in [0.2, 0.25) is 0 Å². The van der Waals surface area contributed by atoms with Crippen molar-refractivity contribution in [2.45, 2.75) is 38.0 Å². The normalized spacial score (nSPS) is 16.8. The summed E-state index contributed by atoms with van der Waals surface area (Å²) < 4.78 is 43.0. The Morgan fingerprint density at radius 2 is 2.09 bits per heavy atom. The number of hydrogen-bond acceptors (Lipinski definition) is 4. The zero-order chi connectivity index (χ0) is 23.3. The van der Waals surface area contributed by atoms with Gasteiger partial charge < -0.3 is 19.5 Å². The number of fused-ring (bicyclic) bond motifs is 2. The fourth-order valence-electron chi connectivity index (χ4n) is 4.35. The number of benzene rings is 1. The van der Waals surface area contributed by atoms with Crippen molar-refractivity contribution in [3.05, 3.63) is 52.7 Å². The molecule has 2 aliphatic rings. The van der Waals surface area contributed by atoms with Gasteiger partial charge in [-0.25, -0.2) is 4.39 Å². The quantitative estimate of drug-likeness (QED) is 0.590. The highest BCUT2D eigenvalue weighted by atomic mass is 19.3. The second-order valence-corrected chi connectivity index (χ2v) is 8.58. The summed E-state index contributed by atoms with van der Waals surface area (Å²) in [5.74, 6) is -1.06. The molecule has 1 aromatic carbocycles. The van der Waals surface area contributed by atoms with Crippen LogP contribution < -0.4 is 0 Å². The maximum Gasteiger partial charge on any atom is 0.345 e. The van der Waals surface area contributed by atoms with E-state index in [1.165, 1.54) is 17.0 Å². The molecular formula is C22H22F3N5O3. The van der Waals surface area contributed by atoms with E-state index in [-0.39, 0.29) is 30.6 Å². The molecule has 0 spiro atoms. The van der Waals surface area contributed by atoms with E-state index in [2.05, 4.69) is 19.9 Å². The van der Waals surface area contributed by atoms with Crippen molar-refractivity contribution in [2.75, 3.05) is 20.2 Å². The topological polar surface area (TPSA) is 94.3 Å². The third-order valence-electron chi connectivity index (χ3n) is 6.56. The SMILES string of the molecule is CN(C(=O)c1n[nH]c2c1CN(C(=O)c1cc3cc(F)ccc3[nH]1)CC2)C1(COC(F)F)CC1. The first-order chi connectivity index (χ1) is 15.8. The summed E-state index contributed by atoms with van der Waals surface area (Å²) in [6.07, 6.45) is 1.62. The van der Waals surface area contributed by atoms with E-state index >= 15 is 0 Å². The van der Waals surface area contributed by atoms with E-state index < -0.39 is 18.1 Å². The minimum Gasteiger partial charge on any atom is -0.351 e. The number of H-pyrrole nitrogens is 2. The Morgan fingerprint density at radius 3 is 2.82 bits per heavy atom. The fraction of sp³-hybridized carbons (Fsp3) is 0.409. The molecule has 2 aromatic heterocycles. The summed E-state index contributed by atoms with van der Waals surface area (Å²) in [7, 11) is 1.56. The molecule has 3 aromatic rings. The Balaban J connectivity index is 1.35. The van der Waals surface area contributed by atoms with Crippen LogP contribution in [-0.2, 0) is 17.7 Å². The molecule has 2 amide bonds. The second-order valence-electron chi connectivity index (χ2n) is 8.58. The monoisotopic (exact) mass is 461 g/mol. The summed E-state index contributed by atoms with van der Waals surface area (Å²) in [6, 6.07) is 5.85. The molecule has 0 bridgehead atoms. The molecule has 5 rings (SSSR count). The molecule has 174 valence electrons. The van der Waals surface area contributed by atoms with Gasteiger partial charge in [0, 0.05) is 42.2 Å². The largest absolute Gasteiger partial charge is 0.351 e. The highest BCUT2D eigenvalue weighted by Crippen LogP contribution is 2.42. The molecule has 11 heteroatoms. The average molecular weight is 461 g/mol. The molecule has 3 heterocycles. The van der Waals surface area contributed by atoms with Crippen LogP contribution in [0.15, 0.2) is 24.3 Å². The fourth-order valence-corrected chi connectivity index (χ4v) is 4.35. The molecule has 1 fully saturated rings. The Bertz CT molecular complexity index is 1230. The lowest BCUT2D eigenvalue weighted by Gasteiger charge is -2.29. The Labute approximate surface area is 186 Å². The molecule has 0 atom stereocenters. The van der Waals surface area contributed by atoms with Crippen molar-refractivity contribution in [3.63, 3.8) is 0 Å². The van der Waals surface area contributed by atoms with Crippen LogP contribution in [0.1, 0.15) is 45.1 Å². The number of carbonyl (C=O) groups excluding carboxylic acids is 2. The first-order valence-electron chi connectivity index (χ1n) is 10.6. The average Bonchev–Trinajstić information content (AvgIpc) is 3.29. The number of aromatic amines is 2. The van der Waals surface area contributed by atoms with Crippen LogP contribution in [-0.4, -0.2) is 69.1 Å². The smallest absolute Gasteiger partial charge is 0.345 e. The summed E-state index contributed by atoms with van der Waals surface area (Å²) >= 11 is 0. The standard InChI is InChI=1S/C22H22F3N5O3/c1-29(22(5-6-22)11-33-21(24)25)20(32)18-14-10-30(7-4-16(14)27-28-18)19(31)17-9-12-8-13(23)2-3-15(12)26-17/h2-3,8-9,21,26H,4-7,10-11H2,1H3,(H,27,28). The zero-order valence-corrected chi connectivity index (χ0v) is 17.8. The van der Waals surface area contributed by atoms with Gasteiger partial charge in [0.25, 0.3) is 11.8 Å². The third-order valence-corrected chi connectivity index (χ3v) is 6.56. The molecule has 8 nitrogen and oxygen atoms in total. The van der Waals surface area contributed by atoms with Crippen LogP contribution in [0.3, 0.4) is 0 Å². The minimum atomic E-state index is -2.90. The molecule has 1 saturated carbocycles. The number of rotatable bonds is 6. The molecule has 0 radical (unpaired) electrons. The number of carbonyl (C=O) groups is 2. The van der Waals surface area contributed by atoms with E-state index in [0.29, 0.717) is 48.0 Å². The van der Waals surface area contributed by atoms with Gasteiger partial charge in [0.1, 0.15) is 11.5 Å². The van der Waals surface area contributed by atoms with Gasteiger partial charge in [-0.1, -0.05) is 0 Å². The van der Waals surface area contributed by atoms with Crippen LogP contribution in [0, 0.1) is 5.82 Å². The van der Waals surface area contributed by atoms with Gasteiger partial charge in [-0.15, -0.1) is 0 Å². The summed E-state index contributed by atoms with van der Waals surface area (Å²) in [6.45, 7) is -2.55. The molecule has 2 N–H and O–H groups in total. The van der Waals surface area contributed by atoms with Crippen molar-refractivity contribution in [3.8, 4) is 0 Å². The zero-order valence-electron chi connectivity index (χ0n) is 17.8. The minimum absolute atomic E-state index is 0.170. The number of nitrogens with zero attached hydrogens (tertiary/aromatic N) is 3. The van der Waals surface area contributed by atoms with Crippen molar-refractivity contribution in [2.24, 2.45) is 0 Å². The lowest BCUT2D eigenvalue weighted by molar-refractivity contribution is -0.141. The van der Waals surface area contributed by atoms with E-state index in [4.69, 9.17) is 0 Å². The highest BCUT2D eigenvalue weighted by molar-refractivity contribution is 5.99. The Hall–Kier alpha value is -3.34. The molecule has 0 unspecified atom stereocenters. The van der Waals surface area contributed by atoms with Gasteiger partial charge in [-0.3, -0.25) is 14.7 Å². The molecule has 33 heavy (non-hydrogen) atoms. The van der Waals surface area contributed by atoms with Gasteiger partial charge in [0.05, 0.1) is 18.7 Å². The maximum atomic E-state index is 13.5. The van der Waals surface area contributed by atoms with Crippen molar-refractivity contribution < 1.29 is 27.5 Å². The molecule has 1 aliphatic heterocycles. The number of ether oxygens (including phenoxy) is 1. The molecule has 1 aliphatic carbocycles. The van der Waals surface area contributed by atoms with Crippen molar-refractivity contribution >= 4 is 22.7 Å². The summed E-state index contributed by atoms with van der Waals surface area (Å²) in [5, 5.41) is 7.64. The Kier molecular flexibility index (Phi) is 5.15. The highest BCUT2D eigenvalue weighted by Gasteiger charge is 2.50. The second kappa shape index (κ2) is 7.91. The van der Waals surface area contributed by atoms with Gasteiger partial charge in [-0.05, 0) is 37.1 Å². The van der Waals surface area contributed by atoms with Crippen LogP contribution in [0.4, 0.5) is 13.2 Å². The lowest BCUT2D eigenvalue weighted by Crippen LogP contribution is -2.43. The third kappa shape index (κ3) is 3.86. The van der Waals surface area contributed by atoms with Gasteiger partial charge in [0.2, 0.25) is 0 Å². The number of amides is 2. The van der Waals surface area contributed by atoms with Crippen LogP contribution in [0.25, 0.3) is 10.9 Å². The van der Waals surface area contributed by atoms with Gasteiger partial charge in [0.15, 0.2) is 5.69 Å². The molecule has 0 saturated heterocycles. The number of alkyl halides is 2. The number of nitrogens with one attached hydrogen (secondary N) is 2. The van der Waals surface area contributed by atoms with E-state index in [1.54, 1.807) is 24.1 Å². The number of halogens is 3. The van der Waals surface area contributed by atoms with E-state index in [0.717, 1.165) is 5.69 Å². The molecular weight excluding hydrogens is 439 g/mol. The van der Waals surface area contributed by atoms with E-state index in [9.17, 15) is 22.8 Å². The Morgan fingerprint density at radius 1 is 1.30 bits per heavy atom. The summed E-state index contributed by atoms with van der Waals surface area (Å²) in [5.41, 5.74) is 1.77. The maximum absolute atomic E-state index is 13.5. The van der Waals surface area contributed by atoms with Crippen molar-refractivity contribution in [1.29, 1.82) is 0 Å². The van der Waals surface area contributed by atoms with Gasteiger partial charge >= 0.3 is 6.61 Å². The predicted octanol–water partition coefficient (Wildman–Crippen LogP) is 3.07. The van der Waals surface area contributed by atoms with E-state index in [1.807, 2.05) is 0 Å². The first-order valence-corrected chi connectivity index (χ1v) is 10.6. The van der Waals surface area contributed by atoms with Crippen LogP contribution >= 0.6 is 0 Å². The first kappa shape index (κ1) is 21.5. The van der Waals surface area contributed by atoms with Crippen molar-refractivity contribution in [1.82, 2.24) is 25.0 Å². The van der Waals surface area contributed by atoms with Crippen LogP contribution in [0.5, 0.6) is 0 Å². The number of likely N-dealkylation sites (N-methyl/N-ethyl adjacent to an activating group) is 1. The lowest BCUT2D eigenvalue weighted by atomic mass is 10.0. The number of aromatic nitrogens is 3. The number of hydrogen-bond donors (Lipinski definition) is 2.